The second-order valence-electron chi connectivity index (χ2n) is 6.58. The summed E-state index contributed by atoms with van der Waals surface area (Å²) in [5.74, 6) is 1.33. The van der Waals surface area contributed by atoms with Gasteiger partial charge in [-0.1, -0.05) is 12.1 Å². The third-order valence-corrected chi connectivity index (χ3v) is 5.87. The van der Waals surface area contributed by atoms with E-state index in [0.29, 0.717) is 17.1 Å². The van der Waals surface area contributed by atoms with Gasteiger partial charge in [0, 0.05) is 6.07 Å². The van der Waals surface area contributed by atoms with Gasteiger partial charge in [0.1, 0.15) is 27.9 Å². The predicted octanol–water partition coefficient (Wildman–Crippen LogP) is 4.09. The molecule has 8 heteroatoms. The first-order chi connectivity index (χ1) is 14.9. The summed E-state index contributed by atoms with van der Waals surface area (Å²) in [6.45, 7) is 0. The first kappa shape index (κ1) is 20.5. The van der Waals surface area contributed by atoms with E-state index in [9.17, 15) is 13.2 Å². The van der Waals surface area contributed by atoms with Gasteiger partial charge in [0.15, 0.2) is 5.76 Å². The second-order valence-corrected chi connectivity index (χ2v) is 8.13. The zero-order valence-corrected chi connectivity index (χ0v) is 17.5. The number of rotatable bonds is 6. The van der Waals surface area contributed by atoms with Gasteiger partial charge in [-0.05, 0) is 60.2 Å². The summed E-state index contributed by atoms with van der Waals surface area (Å²) in [4.78, 5) is 12.6. The Morgan fingerprint density at radius 1 is 0.806 bits per heavy atom. The number of hydrogen-bond donors (Lipinski definition) is 0. The largest absolute Gasteiger partial charge is 0.497 e. The summed E-state index contributed by atoms with van der Waals surface area (Å²) in [6.07, 6.45) is 1.61. The molecule has 0 aromatic heterocycles. The molecule has 0 amide bonds. The molecule has 1 aliphatic heterocycles. The van der Waals surface area contributed by atoms with Gasteiger partial charge in [0.05, 0.1) is 19.8 Å². The van der Waals surface area contributed by atoms with Crippen LogP contribution in [0, 0.1) is 0 Å². The number of benzene rings is 3. The molecule has 1 heterocycles. The van der Waals surface area contributed by atoms with Gasteiger partial charge in [-0.15, -0.1) is 0 Å². The lowest BCUT2D eigenvalue weighted by molar-refractivity contribution is 0.101. The predicted molar refractivity (Wildman–Crippen MR) is 113 cm³/mol. The molecule has 4 rings (SSSR count). The summed E-state index contributed by atoms with van der Waals surface area (Å²) < 4.78 is 46.1. The number of ether oxygens (including phenoxy) is 3. The molecule has 0 unspecified atom stereocenters. The summed E-state index contributed by atoms with van der Waals surface area (Å²) in [5, 5.41) is 0. The minimum Gasteiger partial charge on any atom is -0.497 e. The molecular formula is C23H18O7S. The molecule has 0 atom stereocenters. The average molecular weight is 438 g/mol. The van der Waals surface area contributed by atoms with E-state index >= 15 is 0 Å². The molecule has 1 aliphatic rings. The van der Waals surface area contributed by atoms with E-state index in [2.05, 4.69) is 0 Å². The molecule has 0 saturated heterocycles. The zero-order chi connectivity index (χ0) is 22.0. The van der Waals surface area contributed by atoms with Gasteiger partial charge in [-0.2, -0.15) is 8.42 Å². The Bertz CT molecular complexity index is 1260. The van der Waals surface area contributed by atoms with Crippen LogP contribution in [-0.4, -0.2) is 28.4 Å². The number of carbonyl (C=O) groups is 1. The Kier molecular flexibility index (Phi) is 5.39. The third-order valence-electron chi connectivity index (χ3n) is 4.61. The molecule has 31 heavy (non-hydrogen) atoms. The highest BCUT2D eigenvalue weighted by Gasteiger charge is 2.28. The highest BCUT2D eigenvalue weighted by atomic mass is 32.2. The third kappa shape index (κ3) is 4.24. The van der Waals surface area contributed by atoms with E-state index in [1.54, 1.807) is 37.5 Å². The van der Waals surface area contributed by atoms with Crippen LogP contribution >= 0.6 is 0 Å². The molecule has 7 nitrogen and oxygen atoms in total. The van der Waals surface area contributed by atoms with Crippen molar-refractivity contribution in [1.82, 2.24) is 0 Å². The minimum atomic E-state index is -4.06. The normalized spacial score (nSPS) is 14.1. The Hall–Kier alpha value is -3.78. The second kappa shape index (κ2) is 8.16. The van der Waals surface area contributed by atoms with Crippen LogP contribution in [0.3, 0.4) is 0 Å². The van der Waals surface area contributed by atoms with E-state index in [-0.39, 0.29) is 27.9 Å². The molecule has 0 saturated carbocycles. The van der Waals surface area contributed by atoms with Crippen molar-refractivity contribution >= 4 is 22.0 Å². The van der Waals surface area contributed by atoms with Gasteiger partial charge in [0.2, 0.25) is 5.78 Å². The van der Waals surface area contributed by atoms with Gasteiger partial charge in [-0.3, -0.25) is 4.79 Å². The Balaban J connectivity index is 1.55. The lowest BCUT2D eigenvalue weighted by Crippen LogP contribution is -2.09. The molecule has 3 aromatic carbocycles. The lowest BCUT2D eigenvalue weighted by Gasteiger charge is -2.08. The van der Waals surface area contributed by atoms with Crippen molar-refractivity contribution < 1.29 is 31.6 Å². The van der Waals surface area contributed by atoms with Gasteiger partial charge in [-0.25, -0.2) is 0 Å². The Morgan fingerprint density at radius 3 is 2.00 bits per heavy atom. The van der Waals surface area contributed by atoms with E-state index in [4.69, 9.17) is 18.4 Å². The fraction of sp³-hybridized carbons (Fsp3) is 0.0870. The van der Waals surface area contributed by atoms with Crippen LogP contribution < -0.4 is 18.4 Å². The van der Waals surface area contributed by atoms with Crippen molar-refractivity contribution in [3.63, 3.8) is 0 Å². The van der Waals surface area contributed by atoms with Crippen molar-refractivity contribution in [3.8, 4) is 23.0 Å². The SMILES string of the molecule is COc1ccc(C=C2Oc3cc(OS(=O)(=O)c4ccc(OC)cc4)ccc3C2=O)cc1. The van der Waals surface area contributed by atoms with E-state index in [1.165, 1.54) is 49.6 Å². The molecule has 0 spiro atoms. The highest BCUT2D eigenvalue weighted by molar-refractivity contribution is 7.87. The fourth-order valence-corrected chi connectivity index (χ4v) is 3.91. The van der Waals surface area contributed by atoms with E-state index < -0.39 is 10.1 Å². The van der Waals surface area contributed by atoms with Crippen LogP contribution in [0.2, 0.25) is 0 Å². The topological polar surface area (TPSA) is 88.1 Å². The standard InChI is InChI=1S/C23H18O7S/c1-27-16-5-3-15(4-6-16)13-22-23(24)20-12-9-18(14-21(20)29-22)30-31(25,26)19-10-7-17(28-2)8-11-19/h3-14H,1-2H3. The quantitative estimate of drug-likeness (QED) is 0.423. The van der Waals surface area contributed by atoms with E-state index in [0.717, 1.165) is 5.56 Å². The number of allylic oxidation sites excluding steroid dienone is 1. The Morgan fingerprint density at radius 2 is 1.39 bits per heavy atom. The van der Waals surface area contributed by atoms with Crippen molar-refractivity contribution in [3.05, 3.63) is 83.6 Å². The van der Waals surface area contributed by atoms with Crippen molar-refractivity contribution in [2.75, 3.05) is 14.2 Å². The smallest absolute Gasteiger partial charge is 0.339 e. The molecule has 0 bridgehead atoms. The number of ketones is 1. The summed E-state index contributed by atoms with van der Waals surface area (Å²) >= 11 is 0. The molecule has 158 valence electrons. The van der Waals surface area contributed by atoms with Gasteiger partial charge >= 0.3 is 10.1 Å². The Labute approximate surface area is 179 Å². The van der Waals surface area contributed by atoms with Crippen LogP contribution in [0.25, 0.3) is 6.08 Å². The number of fused-ring (bicyclic) bond motifs is 1. The molecular weight excluding hydrogens is 420 g/mol. The van der Waals surface area contributed by atoms with Crippen LogP contribution in [0.15, 0.2) is 77.4 Å². The summed E-state index contributed by atoms with van der Waals surface area (Å²) in [7, 11) is -1.000. The van der Waals surface area contributed by atoms with Crippen molar-refractivity contribution in [2.24, 2.45) is 0 Å². The van der Waals surface area contributed by atoms with Gasteiger partial charge < -0.3 is 18.4 Å². The fourth-order valence-electron chi connectivity index (χ4n) is 2.99. The van der Waals surface area contributed by atoms with Crippen LogP contribution in [-0.2, 0) is 10.1 Å². The average Bonchev–Trinajstić information content (AvgIpc) is 3.08. The molecule has 0 fully saturated rings. The first-order valence-electron chi connectivity index (χ1n) is 9.20. The maximum absolute atomic E-state index is 12.6. The highest BCUT2D eigenvalue weighted by Crippen LogP contribution is 2.35. The number of carbonyl (C=O) groups excluding carboxylic acids is 1. The zero-order valence-electron chi connectivity index (χ0n) is 16.7. The van der Waals surface area contributed by atoms with Crippen molar-refractivity contribution in [1.29, 1.82) is 0 Å². The molecule has 0 N–H and O–H groups in total. The molecule has 0 aliphatic carbocycles. The van der Waals surface area contributed by atoms with E-state index in [1.807, 2.05) is 0 Å². The number of Topliss-reactive ketones (excluding diaryl/α,β-unsaturated/α-hetero) is 1. The number of hydrogen-bond acceptors (Lipinski definition) is 7. The summed E-state index contributed by atoms with van der Waals surface area (Å²) in [6, 6.07) is 17.2. The van der Waals surface area contributed by atoms with Crippen LogP contribution in [0.5, 0.6) is 23.0 Å². The monoisotopic (exact) mass is 438 g/mol. The first-order valence-corrected chi connectivity index (χ1v) is 10.6. The number of methoxy groups -OCH3 is 2. The van der Waals surface area contributed by atoms with Gasteiger partial charge in [0.25, 0.3) is 0 Å². The lowest BCUT2D eigenvalue weighted by atomic mass is 10.1. The summed E-state index contributed by atoms with van der Waals surface area (Å²) in [5.41, 5.74) is 1.09. The minimum absolute atomic E-state index is 0.0223. The maximum Gasteiger partial charge on any atom is 0.339 e. The van der Waals surface area contributed by atoms with Crippen LogP contribution in [0.1, 0.15) is 15.9 Å². The molecule has 0 radical (unpaired) electrons. The van der Waals surface area contributed by atoms with Crippen LogP contribution in [0.4, 0.5) is 0 Å². The van der Waals surface area contributed by atoms with Crippen molar-refractivity contribution in [2.45, 2.75) is 4.90 Å². The maximum atomic E-state index is 12.6. The molecule has 3 aromatic rings.